The van der Waals surface area contributed by atoms with Crippen LogP contribution in [0.1, 0.15) is 176 Å². The summed E-state index contributed by atoms with van der Waals surface area (Å²) in [6.45, 7) is 9.29. The molecule has 0 spiro atoms. The van der Waals surface area contributed by atoms with Crippen LogP contribution in [-0.4, -0.2) is 160 Å². The lowest BCUT2D eigenvalue weighted by atomic mass is 9.44. The zero-order chi connectivity index (χ0) is 62.4. The van der Waals surface area contributed by atoms with E-state index in [4.69, 9.17) is 9.47 Å². The van der Waals surface area contributed by atoms with E-state index >= 15 is 0 Å². The minimum absolute atomic E-state index is 0.0697. The molecule has 12 aliphatic carbocycles. The average Bonchev–Trinajstić information content (AvgIpc) is 1.34. The van der Waals surface area contributed by atoms with Gasteiger partial charge in [0.05, 0.1) is 31.2 Å². The summed E-state index contributed by atoms with van der Waals surface area (Å²) in [6.07, 6.45) is 7.80. The Bertz CT molecular complexity index is 2830. The average molecular weight is 1200 g/mol. The molecule has 474 valence electrons. The van der Waals surface area contributed by atoms with E-state index in [9.17, 15) is 84.3 Å². The van der Waals surface area contributed by atoms with Crippen LogP contribution in [0.4, 0.5) is 0 Å². The molecule has 19 heteroatoms. The van der Waals surface area contributed by atoms with E-state index < -0.39 is 135 Å². The second-order valence-electron chi connectivity index (χ2n) is 30.3. The number of allylic oxidation sites excluding steroid dienone is 1. The van der Waals surface area contributed by atoms with Gasteiger partial charge in [0.15, 0.2) is 34.7 Å². The topological polar surface area (TPSA) is 337 Å². The van der Waals surface area contributed by atoms with Gasteiger partial charge in [0.2, 0.25) is 0 Å². The fourth-order valence-electron chi connectivity index (χ4n) is 22.8. The number of fused-ring (bicyclic) bond motifs is 15. The minimum atomic E-state index is -1.78. The molecule has 0 bridgehead atoms. The third kappa shape index (κ3) is 8.92. The van der Waals surface area contributed by atoms with Crippen LogP contribution in [-0.2, 0) is 47.8 Å². The second kappa shape index (κ2) is 21.8. The van der Waals surface area contributed by atoms with Crippen molar-refractivity contribution in [1.82, 2.24) is 0 Å². The number of carbonyl (C=O) groups excluding carboxylic acids is 8. The fraction of sp³-hybridized carbons (Fsp3) is 0.791. The molecule has 12 aliphatic rings. The van der Waals surface area contributed by atoms with E-state index in [2.05, 4.69) is 6.92 Å². The van der Waals surface area contributed by atoms with Gasteiger partial charge in [-0.2, -0.15) is 0 Å². The van der Waals surface area contributed by atoms with Crippen LogP contribution in [0.2, 0.25) is 0 Å². The molecule has 0 amide bonds. The first-order valence-corrected chi connectivity index (χ1v) is 32.1. The van der Waals surface area contributed by atoms with Crippen molar-refractivity contribution in [2.75, 3.05) is 19.8 Å². The maximum atomic E-state index is 13.7. The van der Waals surface area contributed by atoms with E-state index in [1.165, 1.54) is 5.57 Å². The lowest BCUT2D eigenvalue weighted by Crippen LogP contribution is -2.64. The van der Waals surface area contributed by atoms with Gasteiger partial charge in [-0.3, -0.25) is 38.4 Å². The number of aliphatic hydroxyl groups excluding tert-OH is 6. The predicted octanol–water partition coefficient (Wildman–Crippen LogP) is 4.18. The number of carbonyl (C=O) groups is 8. The first kappa shape index (κ1) is 63.4. The highest BCUT2D eigenvalue weighted by atomic mass is 16.6. The summed E-state index contributed by atoms with van der Waals surface area (Å²) in [7, 11) is 0. The minimum Gasteiger partial charge on any atom is -0.461 e. The lowest BCUT2D eigenvalue weighted by molar-refractivity contribution is -0.199. The zero-order valence-electron chi connectivity index (χ0n) is 50.9. The van der Waals surface area contributed by atoms with Gasteiger partial charge < -0.3 is 55.4 Å². The Balaban J connectivity index is 0.000000245. The number of ketones is 6. The maximum absolute atomic E-state index is 13.7. The Kier molecular flexibility index (Phi) is 16.0. The number of ether oxygens (including phenoxy) is 2. The van der Waals surface area contributed by atoms with Crippen molar-refractivity contribution >= 4 is 46.6 Å². The van der Waals surface area contributed by atoms with Crippen molar-refractivity contribution in [2.45, 2.75) is 224 Å². The first-order valence-electron chi connectivity index (χ1n) is 32.1. The largest absolute Gasteiger partial charge is 0.461 e. The van der Waals surface area contributed by atoms with Crippen LogP contribution in [0.5, 0.6) is 0 Å². The van der Waals surface area contributed by atoms with Crippen molar-refractivity contribution in [3.8, 4) is 0 Å². The van der Waals surface area contributed by atoms with Gasteiger partial charge in [-0.15, -0.1) is 0 Å². The molecule has 23 atom stereocenters. The summed E-state index contributed by atoms with van der Waals surface area (Å²) in [5, 5.41) is 98.2. The zero-order valence-corrected chi connectivity index (χ0v) is 50.9. The molecule has 0 aromatic rings. The van der Waals surface area contributed by atoms with Crippen molar-refractivity contribution in [1.29, 1.82) is 0 Å². The molecule has 0 heterocycles. The number of hydrogen-bond donors (Lipinski definition) is 9. The van der Waals surface area contributed by atoms with Gasteiger partial charge in [-0.25, -0.2) is 0 Å². The summed E-state index contributed by atoms with van der Waals surface area (Å²) in [5.74, 6) is -4.62. The van der Waals surface area contributed by atoms with Crippen LogP contribution >= 0.6 is 0 Å². The highest BCUT2D eigenvalue weighted by molar-refractivity contribution is 5.94. The molecule has 19 nitrogen and oxygen atoms in total. The molecule has 0 aromatic heterocycles. The summed E-state index contributed by atoms with van der Waals surface area (Å²) in [4.78, 5) is 103. The molecule has 9 N–H and O–H groups in total. The molecule has 0 saturated heterocycles. The van der Waals surface area contributed by atoms with E-state index in [-0.39, 0.29) is 116 Å². The van der Waals surface area contributed by atoms with Crippen LogP contribution in [0.15, 0.2) is 34.9 Å². The summed E-state index contributed by atoms with van der Waals surface area (Å²) < 4.78 is 12.2. The molecule has 0 aromatic carbocycles. The molecular formula is C67H92O19. The number of aliphatic hydroxyl groups is 9. The predicted molar refractivity (Wildman–Crippen MR) is 305 cm³/mol. The van der Waals surface area contributed by atoms with E-state index in [1.807, 2.05) is 34.6 Å². The quantitative estimate of drug-likeness (QED) is 0.131. The second-order valence-corrected chi connectivity index (χ2v) is 30.3. The first-order chi connectivity index (χ1) is 40.3. The Labute approximate surface area is 502 Å². The third-order valence-electron chi connectivity index (χ3n) is 27.2. The van der Waals surface area contributed by atoms with Gasteiger partial charge in [-0.05, 0) is 168 Å². The van der Waals surface area contributed by atoms with Gasteiger partial charge >= 0.3 is 11.9 Å². The van der Waals surface area contributed by atoms with Crippen molar-refractivity contribution < 1.29 is 93.8 Å². The molecule has 12 rings (SSSR count). The van der Waals surface area contributed by atoms with Gasteiger partial charge in [0.1, 0.15) is 48.8 Å². The summed E-state index contributed by atoms with van der Waals surface area (Å²) in [5.41, 5.74) is -7.07. The highest BCUT2D eigenvalue weighted by Gasteiger charge is 2.73. The van der Waals surface area contributed by atoms with Crippen molar-refractivity contribution in [3.63, 3.8) is 0 Å². The van der Waals surface area contributed by atoms with Crippen LogP contribution in [0.3, 0.4) is 0 Å². The Morgan fingerprint density at radius 2 is 0.779 bits per heavy atom. The summed E-state index contributed by atoms with van der Waals surface area (Å²) >= 11 is 0. The molecule has 2 unspecified atom stereocenters. The SMILES string of the molecule is C[C@]12CCC(=O)C=C1CC[C@@H]1[C@@H]2[C@@H](O)C[C@@]2(C)[C@H]1CC[C@]2(O)C(=O)CO.C[C@]12C[C@H](O)[C@H]3[C@@H](CCC4=CC(=O)CC(OC(=O)CCC(=O)OC5CC(=O)C=C6CC[C@@H]7[C@H]([C@@H](O)C[C@@]8(C)[C@H]7CC[C@]8(O)C(=O)CO)[C@]65C)[C@@]43C)[C@@H]1CC[C@]2(O)C(=O)CO. The normalized spacial score (nSPS) is 48.7. The Morgan fingerprint density at radius 1 is 0.453 bits per heavy atom. The molecule has 0 aliphatic heterocycles. The van der Waals surface area contributed by atoms with Gasteiger partial charge in [0, 0.05) is 58.2 Å². The summed E-state index contributed by atoms with van der Waals surface area (Å²) in [6, 6.07) is 0. The molecule has 9 saturated carbocycles. The van der Waals surface area contributed by atoms with Crippen LogP contribution in [0, 0.1) is 85.8 Å². The van der Waals surface area contributed by atoms with Crippen LogP contribution < -0.4 is 0 Å². The maximum Gasteiger partial charge on any atom is 0.306 e. The van der Waals surface area contributed by atoms with E-state index in [1.54, 1.807) is 18.2 Å². The molecule has 9 fully saturated rings. The van der Waals surface area contributed by atoms with E-state index in [0.29, 0.717) is 57.8 Å². The van der Waals surface area contributed by atoms with Gasteiger partial charge in [-0.1, -0.05) is 58.3 Å². The van der Waals surface area contributed by atoms with Crippen molar-refractivity contribution in [2.24, 2.45) is 85.8 Å². The molecular weight excluding hydrogens is 1110 g/mol. The fourth-order valence-corrected chi connectivity index (χ4v) is 22.8. The lowest BCUT2D eigenvalue weighted by Gasteiger charge is -2.61. The van der Waals surface area contributed by atoms with Crippen molar-refractivity contribution in [3.05, 3.63) is 34.9 Å². The Morgan fingerprint density at radius 3 is 1.14 bits per heavy atom. The van der Waals surface area contributed by atoms with Crippen LogP contribution in [0.25, 0.3) is 0 Å². The number of esters is 2. The van der Waals surface area contributed by atoms with E-state index in [0.717, 1.165) is 36.8 Å². The molecule has 0 radical (unpaired) electrons. The molecule has 86 heavy (non-hydrogen) atoms. The number of Topliss-reactive ketones (excluding diaryl/α,β-unsaturated/α-hetero) is 3. The smallest absolute Gasteiger partial charge is 0.306 e. The number of rotatable bonds is 11. The number of hydrogen-bond acceptors (Lipinski definition) is 19. The standard InChI is InChI=1S/C46H62O14.C21H30O5/c1-41-19-31(51)39-27(29(41)11-13-45(41,57)33(53)21-47)7-5-23-15-25(49)17-35(43(23,39)3)59-37(55)9-10-38(56)60-36-18-26(50)16-24-6-8-28-30-12-14-46(58,34(54)22-48)42(30,2)20-32(52)40(28)44(24,36)4;1-19-7-5-13(23)9-12(19)3-4-14-15-6-8-21(26,17(25)11-22)20(15,2)10-16(24)18(14)19/h15-16,27-32,35-36,39-40,47-48,51-52,57-58H,5-14,17-22H2,1-4H3;9,14-16,18,22,24,26H,3-8,10-11H2,1-2H3/t27-,28-,29-,30-,31-,32-,35?,36?,39+,40+,41-,42-,43+,44+,45-,46-;14-,15-,16-,18+,19-,20-,21-/m00/s1. The monoisotopic (exact) mass is 1200 g/mol. The highest BCUT2D eigenvalue weighted by Crippen LogP contribution is 2.71. The Hall–Kier alpha value is -4.18. The van der Waals surface area contributed by atoms with Gasteiger partial charge in [0.25, 0.3) is 0 Å². The third-order valence-corrected chi connectivity index (χ3v) is 27.2.